The SMILES string of the molecule is CC1CC(Oc2cc(Cl)nc(C(C)C)n2)CC(C)O1. The highest BCUT2D eigenvalue weighted by atomic mass is 35.5. The van der Waals surface area contributed by atoms with Crippen molar-refractivity contribution in [1.29, 1.82) is 0 Å². The summed E-state index contributed by atoms with van der Waals surface area (Å²) in [5, 5.41) is 0.432. The number of hydrogen-bond acceptors (Lipinski definition) is 4. The second-order valence-corrected chi connectivity index (χ2v) is 5.90. The topological polar surface area (TPSA) is 44.2 Å². The van der Waals surface area contributed by atoms with Crippen LogP contribution in [-0.4, -0.2) is 28.3 Å². The minimum Gasteiger partial charge on any atom is -0.474 e. The summed E-state index contributed by atoms with van der Waals surface area (Å²) in [6.07, 6.45) is 2.32. The molecule has 19 heavy (non-hydrogen) atoms. The number of hydrogen-bond donors (Lipinski definition) is 0. The molecule has 0 radical (unpaired) electrons. The molecule has 0 saturated carbocycles. The summed E-state index contributed by atoms with van der Waals surface area (Å²) in [6.45, 7) is 8.21. The van der Waals surface area contributed by atoms with Crippen LogP contribution < -0.4 is 4.74 Å². The highest BCUT2D eigenvalue weighted by Crippen LogP contribution is 2.25. The number of aromatic nitrogens is 2. The van der Waals surface area contributed by atoms with Crippen molar-refractivity contribution in [1.82, 2.24) is 9.97 Å². The molecular weight excluding hydrogens is 264 g/mol. The van der Waals surface area contributed by atoms with Gasteiger partial charge in [-0.1, -0.05) is 25.4 Å². The van der Waals surface area contributed by atoms with Crippen LogP contribution in [-0.2, 0) is 4.74 Å². The molecule has 1 aliphatic heterocycles. The molecule has 0 N–H and O–H groups in total. The second kappa shape index (κ2) is 6.06. The average Bonchev–Trinajstić information content (AvgIpc) is 2.26. The quantitative estimate of drug-likeness (QED) is 0.796. The molecule has 1 aromatic heterocycles. The zero-order valence-corrected chi connectivity index (χ0v) is 12.6. The molecule has 2 atom stereocenters. The van der Waals surface area contributed by atoms with Gasteiger partial charge in [-0.15, -0.1) is 0 Å². The van der Waals surface area contributed by atoms with Gasteiger partial charge in [0.15, 0.2) is 0 Å². The van der Waals surface area contributed by atoms with Crippen molar-refractivity contribution in [2.45, 2.75) is 64.8 Å². The fourth-order valence-corrected chi connectivity index (χ4v) is 2.52. The van der Waals surface area contributed by atoms with Gasteiger partial charge in [-0.3, -0.25) is 0 Å². The van der Waals surface area contributed by atoms with Gasteiger partial charge in [0.05, 0.1) is 12.2 Å². The van der Waals surface area contributed by atoms with E-state index in [0.717, 1.165) is 18.7 Å². The predicted molar refractivity (Wildman–Crippen MR) is 74.8 cm³/mol. The molecule has 1 aliphatic rings. The summed E-state index contributed by atoms with van der Waals surface area (Å²) in [6, 6.07) is 1.68. The summed E-state index contributed by atoms with van der Waals surface area (Å²) in [5.41, 5.74) is 0. The van der Waals surface area contributed by atoms with E-state index < -0.39 is 0 Å². The van der Waals surface area contributed by atoms with Crippen molar-refractivity contribution in [3.8, 4) is 5.88 Å². The first-order valence-corrected chi connectivity index (χ1v) is 7.18. The Morgan fingerprint density at radius 1 is 1.26 bits per heavy atom. The third-order valence-electron chi connectivity index (χ3n) is 3.15. The summed E-state index contributed by atoms with van der Waals surface area (Å²) in [4.78, 5) is 8.62. The Balaban J connectivity index is 2.10. The summed E-state index contributed by atoms with van der Waals surface area (Å²) in [5.74, 6) is 1.51. The Morgan fingerprint density at radius 2 is 1.89 bits per heavy atom. The van der Waals surface area contributed by atoms with Crippen molar-refractivity contribution < 1.29 is 9.47 Å². The van der Waals surface area contributed by atoms with E-state index in [4.69, 9.17) is 21.1 Å². The van der Waals surface area contributed by atoms with Gasteiger partial charge in [0, 0.05) is 24.8 Å². The first-order valence-electron chi connectivity index (χ1n) is 6.80. The van der Waals surface area contributed by atoms with E-state index in [1.807, 2.05) is 13.8 Å². The van der Waals surface area contributed by atoms with Crippen LogP contribution >= 0.6 is 11.6 Å². The highest BCUT2D eigenvalue weighted by Gasteiger charge is 2.26. The van der Waals surface area contributed by atoms with Crippen molar-refractivity contribution in [3.63, 3.8) is 0 Å². The van der Waals surface area contributed by atoms with Gasteiger partial charge in [0.2, 0.25) is 5.88 Å². The van der Waals surface area contributed by atoms with Crippen LogP contribution in [0.1, 0.15) is 52.3 Å². The van der Waals surface area contributed by atoms with Gasteiger partial charge >= 0.3 is 0 Å². The largest absolute Gasteiger partial charge is 0.474 e. The van der Waals surface area contributed by atoms with Crippen LogP contribution in [0.2, 0.25) is 5.15 Å². The molecule has 2 unspecified atom stereocenters. The van der Waals surface area contributed by atoms with E-state index in [1.54, 1.807) is 6.07 Å². The van der Waals surface area contributed by atoms with Crippen LogP contribution in [0.4, 0.5) is 0 Å². The van der Waals surface area contributed by atoms with E-state index in [2.05, 4.69) is 23.8 Å². The molecule has 2 rings (SSSR count). The molecule has 0 spiro atoms. The third kappa shape index (κ3) is 4.05. The Kier molecular flexibility index (Phi) is 4.63. The van der Waals surface area contributed by atoms with Crippen molar-refractivity contribution >= 4 is 11.6 Å². The van der Waals surface area contributed by atoms with Gasteiger partial charge < -0.3 is 9.47 Å². The molecule has 5 heteroatoms. The molecule has 0 aromatic carbocycles. The zero-order chi connectivity index (χ0) is 14.0. The number of rotatable bonds is 3. The third-order valence-corrected chi connectivity index (χ3v) is 3.34. The molecule has 0 bridgehead atoms. The molecule has 4 nitrogen and oxygen atoms in total. The lowest BCUT2D eigenvalue weighted by molar-refractivity contribution is -0.0730. The Bertz CT molecular complexity index is 429. The van der Waals surface area contributed by atoms with E-state index in [0.29, 0.717) is 11.0 Å². The zero-order valence-electron chi connectivity index (χ0n) is 11.9. The number of ether oxygens (including phenoxy) is 2. The van der Waals surface area contributed by atoms with Crippen molar-refractivity contribution in [2.24, 2.45) is 0 Å². The van der Waals surface area contributed by atoms with Crippen LogP contribution in [0, 0.1) is 0 Å². The van der Waals surface area contributed by atoms with Crippen LogP contribution in [0.25, 0.3) is 0 Å². The highest BCUT2D eigenvalue weighted by molar-refractivity contribution is 6.29. The van der Waals surface area contributed by atoms with Gasteiger partial charge in [0.25, 0.3) is 0 Å². The van der Waals surface area contributed by atoms with E-state index in [1.165, 1.54) is 0 Å². The molecule has 1 fully saturated rings. The molecule has 1 aromatic rings. The Labute approximate surface area is 119 Å². The lowest BCUT2D eigenvalue weighted by atomic mass is 10.0. The molecule has 1 saturated heterocycles. The Hall–Kier alpha value is -0.870. The minimum absolute atomic E-state index is 0.129. The monoisotopic (exact) mass is 284 g/mol. The Morgan fingerprint density at radius 3 is 2.47 bits per heavy atom. The van der Waals surface area contributed by atoms with Gasteiger partial charge in [-0.05, 0) is 13.8 Å². The van der Waals surface area contributed by atoms with Crippen LogP contribution in [0.3, 0.4) is 0 Å². The maximum atomic E-state index is 6.01. The predicted octanol–water partition coefficient (Wildman–Crippen LogP) is 3.59. The summed E-state index contributed by atoms with van der Waals surface area (Å²) < 4.78 is 11.7. The van der Waals surface area contributed by atoms with Gasteiger partial charge in [0.1, 0.15) is 17.1 Å². The van der Waals surface area contributed by atoms with Crippen LogP contribution in [0.15, 0.2) is 6.07 Å². The standard InChI is InChI=1S/C14H21ClN2O2/c1-8(2)14-16-12(15)7-13(17-14)19-11-5-9(3)18-10(4)6-11/h7-11H,5-6H2,1-4H3. The summed E-state index contributed by atoms with van der Waals surface area (Å²) >= 11 is 6.01. The first kappa shape index (κ1) is 14.5. The average molecular weight is 285 g/mol. The van der Waals surface area contributed by atoms with E-state index in [9.17, 15) is 0 Å². The molecule has 106 valence electrons. The van der Waals surface area contributed by atoms with Gasteiger partial charge in [-0.2, -0.15) is 4.98 Å². The maximum absolute atomic E-state index is 6.01. The van der Waals surface area contributed by atoms with Gasteiger partial charge in [-0.25, -0.2) is 4.98 Å². The molecule has 2 heterocycles. The van der Waals surface area contributed by atoms with Crippen molar-refractivity contribution in [3.05, 3.63) is 17.0 Å². The van der Waals surface area contributed by atoms with E-state index in [-0.39, 0.29) is 24.2 Å². The van der Waals surface area contributed by atoms with Crippen LogP contribution in [0.5, 0.6) is 5.88 Å². The second-order valence-electron chi connectivity index (χ2n) is 5.51. The van der Waals surface area contributed by atoms with E-state index >= 15 is 0 Å². The number of halogens is 1. The minimum atomic E-state index is 0.129. The first-order chi connectivity index (χ1) is 8.94. The fourth-order valence-electron chi connectivity index (χ4n) is 2.34. The number of nitrogens with zero attached hydrogens (tertiary/aromatic N) is 2. The maximum Gasteiger partial charge on any atom is 0.218 e. The lowest BCUT2D eigenvalue weighted by Crippen LogP contribution is -2.35. The van der Waals surface area contributed by atoms with Crippen molar-refractivity contribution in [2.75, 3.05) is 0 Å². The molecular formula is C14H21ClN2O2. The normalized spacial score (nSPS) is 27.6. The molecule has 0 amide bonds. The smallest absolute Gasteiger partial charge is 0.218 e. The summed E-state index contributed by atoms with van der Waals surface area (Å²) in [7, 11) is 0. The lowest BCUT2D eigenvalue weighted by Gasteiger charge is -2.32. The fraction of sp³-hybridized carbons (Fsp3) is 0.714. The molecule has 0 aliphatic carbocycles.